The summed E-state index contributed by atoms with van der Waals surface area (Å²) in [6.45, 7) is 0.866. The van der Waals surface area contributed by atoms with Crippen molar-refractivity contribution < 1.29 is 13.5 Å². The zero-order valence-electron chi connectivity index (χ0n) is 11.2. The Labute approximate surface area is 116 Å². The van der Waals surface area contributed by atoms with E-state index in [2.05, 4.69) is 27.2 Å². The van der Waals surface area contributed by atoms with Crippen molar-refractivity contribution in [1.29, 1.82) is 0 Å². The van der Waals surface area contributed by atoms with Gasteiger partial charge < -0.3 is 10.1 Å². The molecule has 2 N–H and O–H groups in total. The van der Waals surface area contributed by atoms with Gasteiger partial charge in [-0.2, -0.15) is 13.9 Å². The summed E-state index contributed by atoms with van der Waals surface area (Å²) in [4.78, 5) is 0. The van der Waals surface area contributed by atoms with Gasteiger partial charge in [0.05, 0.1) is 11.9 Å². The van der Waals surface area contributed by atoms with Crippen molar-refractivity contribution in [2.24, 2.45) is 0 Å². The number of ether oxygens (including phenoxy) is 1. The highest BCUT2D eigenvalue weighted by molar-refractivity contribution is 5.64. The lowest BCUT2D eigenvalue weighted by Gasteiger charge is -2.08. The molecule has 0 aliphatic rings. The van der Waals surface area contributed by atoms with Gasteiger partial charge in [0.15, 0.2) is 0 Å². The fraction of sp³-hybridized carbons (Fsp3) is 0.357. The van der Waals surface area contributed by atoms with E-state index in [0.717, 1.165) is 29.8 Å². The quantitative estimate of drug-likeness (QED) is 0.766. The minimum Gasteiger partial charge on any atom is -0.435 e. The molecule has 0 aliphatic carbocycles. The third kappa shape index (κ3) is 3.77. The maximum Gasteiger partial charge on any atom is 0.387 e. The lowest BCUT2D eigenvalue weighted by molar-refractivity contribution is -0.0498. The molecule has 2 aromatic rings. The van der Waals surface area contributed by atoms with Crippen molar-refractivity contribution in [2.75, 3.05) is 6.54 Å². The second kappa shape index (κ2) is 7.00. The Bertz CT molecular complexity index is 543. The summed E-state index contributed by atoms with van der Waals surface area (Å²) in [6, 6.07) is 6.58. The summed E-state index contributed by atoms with van der Waals surface area (Å²) < 4.78 is 28.9. The van der Waals surface area contributed by atoms with Gasteiger partial charge in [0.25, 0.3) is 0 Å². The molecule has 0 amide bonds. The second-order valence-electron chi connectivity index (χ2n) is 4.35. The Kier molecular flexibility index (Phi) is 5.06. The van der Waals surface area contributed by atoms with Crippen LogP contribution >= 0.6 is 0 Å². The molecule has 0 saturated carbocycles. The third-order valence-corrected chi connectivity index (χ3v) is 2.81. The van der Waals surface area contributed by atoms with E-state index in [0.29, 0.717) is 6.54 Å². The molecule has 0 aliphatic heterocycles. The first kappa shape index (κ1) is 14.5. The fourth-order valence-corrected chi connectivity index (χ4v) is 1.92. The molecule has 1 aromatic carbocycles. The van der Waals surface area contributed by atoms with Crippen molar-refractivity contribution in [3.8, 4) is 17.0 Å². The maximum absolute atomic E-state index is 12.2. The molecular weight excluding hydrogens is 264 g/mol. The second-order valence-corrected chi connectivity index (χ2v) is 4.35. The zero-order valence-corrected chi connectivity index (χ0v) is 11.2. The third-order valence-electron chi connectivity index (χ3n) is 2.81. The molecule has 0 radical (unpaired) electrons. The molecule has 0 atom stereocenters. The molecule has 0 bridgehead atoms. The minimum absolute atomic E-state index is 0.138. The molecule has 108 valence electrons. The summed E-state index contributed by atoms with van der Waals surface area (Å²) in [5.74, 6) is 0.138. The smallest absolute Gasteiger partial charge is 0.387 e. The van der Waals surface area contributed by atoms with Crippen LogP contribution in [0.25, 0.3) is 11.3 Å². The van der Waals surface area contributed by atoms with Crippen LogP contribution in [0.2, 0.25) is 0 Å². The first-order valence-electron chi connectivity index (χ1n) is 6.49. The lowest BCUT2D eigenvalue weighted by atomic mass is 10.1. The van der Waals surface area contributed by atoms with Gasteiger partial charge >= 0.3 is 6.61 Å². The molecule has 4 nitrogen and oxygen atoms in total. The number of H-pyrrole nitrogens is 1. The average Bonchev–Trinajstić information content (AvgIpc) is 2.87. The Morgan fingerprint density at radius 3 is 3.00 bits per heavy atom. The molecule has 0 spiro atoms. The van der Waals surface area contributed by atoms with Gasteiger partial charge in [0.2, 0.25) is 0 Å². The zero-order chi connectivity index (χ0) is 14.4. The summed E-state index contributed by atoms with van der Waals surface area (Å²) in [5.41, 5.74) is 2.58. The summed E-state index contributed by atoms with van der Waals surface area (Å²) >= 11 is 0. The van der Waals surface area contributed by atoms with Crippen LogP contribution < -0.4 is 10.1 Å². The molecule has 6 heteroatoms. The predicted molar refractivity (Wildman–Crippen MR) is 72.7 cm³/mol. The first-order valence-corrected chi connectivity index (χ1v) is 6.49. The minimum atomic E-state index is -2.82. The normalized spacial score (nSPS) is 11.0. The average molecular weight is 281 g/mol. The lowest BCUT2D eigenvalue weighted by Crippen LogP contribution is -2.13. The van der Waals surface area contributed by atoms with E-state index < -0.39 is 6.61 Å². The van der Waals surface area contributed by atoms with Crippen molar-refractivity contribution >= 4 is 0 Å². The van der Waals surface area contributed by atoms with Gasteiger partial charge in [-0.3, -0.25) is 5.10 Å². The molecule has 1 heterocycles. The number of alkyl halides is 2. The number of halogens is 2. The molecular formula is C14H17F2N3O. The van der Waals surface area contributed by atoms with Crippen LogP contribution in [-0.2, 0) is 6.54 Å². The predicted octanol–water partition coefficient (Wildman–Crippen LogP) is 3.18. The van der Waals surface area contributed by atoms with Crippen LogP contribution in [-0.4, -0.2) is 23.4 Å². The highest BCUT2D eigenvalue weighted by Crippen LogP contribution is 2.25. The van der Waals surface area contributed by atoms with E-state index in [1.807, 2.05) is 6.07 Å². The number of aromatic amines is 1. The number of hydrogen-bond acceptors (Lipinski definition) is 3. The Morgan fingerprint density at radius 1 is 1.40 bits per heavy atom. The van der Waals surface area contributed by atoms with Gasteiger partial charge in [-0.25, -0.2) is 0 Å². The Morgan fingerprint density at radius 2 is 2.25 bits per heavy atom. The van der Waals surface area contributed by atoms with Crippen LogP contribution in [0.3, 0.4) is 0 Å². The van der Waals surface area contributed by atoms with Crippen LogP contribution in [0.1, 0.15) is 18.9 Å². The maximum atomic E-state index is 12.2. The van der Waals surface area contributed by atoms with Gasteiger partial charge in [-0.15, -0.1) is 0 Å². The van der Waals surface area contributed by atoms with E-state index in [4.69, 9.17) is 0 Å². The van der Waals surface area contributed by atoms with Crippen LogP contribution in [0, 0.1) is 0 Å². The SMILES string of the molecule is CCCNCc1cn[nH]c1-c1cccc(OC(F)F)c1. The number of benzene rings is 1. The Balaban J connectivity index is 2.16. The van der Waals surface area contributed by atoms with E-state index in [-0.39, 0.29) is 5.75 Å². The van der Waals surface area contributed by atoms with Crippen molar-refractivity contribution in [3.05, 3.63) is 36.0 Å². The number of rotatable bonds is 7. The van der Waals surface area contributed by atoms with E-state index in [1.165, 1.54) is 6.07 Å². The standard InChI is InChI=1S/C14H17F2N3O/c1-2-6-17-8-11-9-18-19-13(11)10-4-3-5-12(7-10)20-14(15)16/h3-5,7,9,14,17H,2,6,8H2,1H3,(H,18,19). The summed E-state index contributed by atoms with van der Waals surface area (Å²) in [7, 11) is 0. The monoisotopic (exact) mass is 281 g/mol. The largest absolute Gasteiger partial charge is 0.435 e. The highest BCUT2D eigenvalue weighted by atomic mass is 19.3. The molecule has 20 heavy (non-hydrogen) atoms. The van der Waals surface area contributed by atoms with Gasteiger partial charge in [-0.05, 0) is 25.1 Å². The topological polar surface area (TPSA) is 49.9 Å². The van der Waals surface area contributed by atoms with Crippen LogP contribution in [0.15, 0.2) is 30.5 Å². The van der Waals surface area contributed by atoms with Crippen molar-refractivity contribution in [1.82, 2.24) is 15.5 Å². The molecule has 0 unspecified atom stereocenters. The molecule has 0 saturated heterocycles. The van der Waals surface area contributed by atoms with Crippen LogP contribution in [0.5, 0.6) is 5.75 Å². The molecule has 0 fully saturated rings. The summed E-state index contributed by atoms with van der Waals surface area (Å²) in [6.07, 6.45) is 2.78. The van der Waals surface area contributed by atoms with Crippen molar-refractivity contribution in [3.63, 3.8) is 0 Å². The number of nitrogens with one attached hydrogen (secondary N) is 2. The van der Waals surface area contributed by atoms with Crippen molar-refractivity contribution in [2.45, 2.75) is 26.5 Å². The number of hydrogen-bond donors (Lipinski definition) is 2. The van der Waals surface area contributed by atoms with Gasteiger partial charge in [-0.1, -0.05) is 19.1 Å². The molecule has 2 rings (SSSR count). The summed E-state index contributed by atoms with van der Waals surface area (Å²) in [5, 5.41) is 10.2. The highest BCUT2D eigenvalue weighted by Gasteiger charge is 2.10. The number of aromatic nitrogens is 2. The van der Waals surface area contributed by atoms with E-state index in [9.17, 15) is 8.78 Å². The fourth-order valence-electron chi connectivity index (χ4n) is 1.92. The van der Waals surface area contributed by atoms with Gasteiger partial charge in [0, 0.05) is 17.7 Å². The number of nitrogens with zero attached hydrogens (tertiary/aromatic N) is 1. The first-order chi connectivity index (χ1) is 9.70. The van der Waals surface area contributed by atoms with Gasteiger partial charge in [0.1, 0.15) is 5.75 Å². The van der Waals surface area contributed by atoms with E-state index >= 15 is 0 Å². The van der Waals surface area contributed by atoms with E-state index in [1.54, 1.807) is 18.3 Å². The Hall–Kier alpha value is -1.95. The molecule has 1 aromatic heterocycles. The van der Waals surface area contributed by atoms with Crippen LogP contribution in [0.4, 0.5) is 8.78 Å².